The van der Waals surface area contributed by atoms with Crippen LogP contribution in [0.3, 0.4) is 0 Å². The average Bonchev–Trinajstić information content (AvgIpc) is 2.74. The van der Waals surface area contributed by atoms with E-state index in [0.29, 0.717) is 31.2 Å². The second-order valence-corrected chi connectivity index (χ2v) is 8.03. The zero-order valence-electron chi connectivity index (χ0n) is 18.7. The molecule has 1 aromatic heterocycles. The molecule has 0 radical (unpaired) electrons. The van der Waals surface area contributed by atoms with Gasteiger partial charge in [0.1, 0.15) is 0 Å². The van der Waals surface area contributed by atoms with Gasteiger partial charge in [0.05, 0.1) is 18.2 Å². The van der Waals surface area contributed by atoms with Crippen molar-refractivity contribution in [2.75, 3.05) is 26.2 Å². The molecule has 1 atom stereocenters. The molecule has 0 aliphatic rings. The number of nitrogens with one attached hydrogen (secondary N) is 3. The minimum absolute atomic E-state index is 0. The Kier molecular flexibility index (Phi) is 11.5. The van der Waals surface area contributed by atoms with Crippen LogP contribution in [-0.4, -0.2) is 48.1 Å². The number of guanidine groups is 1. The Bertz CT molecular complexity index is 820. The monoisotopic (exact) mass is 539 g/mol. The number of carbonyl (C=O) groups is 1. The molecular formula is C23H34IN5O2. The Labute approximate surface area is 202 Å². The predicted octanol–water partition coefficient (Wildman–Crippen LogP) is 3.02. The standard InChI is InChI=1S/C23H33N5O2.HI/c1-5-25-22(27-14-13-26-21(30)18-7-6-12-24-15-18)28-16-20(29)17-8-10-19(11-9-17)23(2,3)4;/h6-12,15,20,29H,5,13-14,16H2,1-4H3,(H,26,30)(H2,25,27,28);1H. The predicted molar refractivity (Wildman–Crippen MR) is 136 cm³/mol. The first-order valence-corrected chi connectivity index (χ1v) is 10.3. The Morgan fingerprint density at radius 3 is 2.35 bits per heavy atom. The molecule has 1 aromatic carbocycles. The van der Waals surface area contributed by atoms with Crippen molar-refractivity contribution in [1.29, 1.82) is 0 Å². The maximum Gasteiger partial charge on any atom is 0.252 e. The van der Waals surface area contributed by atoms with Crippen molar-refractivity contribution >= 4 is 35.8 Å². The van der Waals surface area contributed by atoms with Crippen molar-refractivity contribution in [3.05, 3.63) is 65.5 Å². The molecule has 1 heterocycles. The summed E-state index contributed by atoms with van der Waals surface area (Å²) in [6.07, 6.45) is 2.48. The normalized spacial score (nSPS) is 12.5. The molecule has 4 N–H and O–H groups in total. The quantitative estimate of drug-likeness (QED) is 0.179. The molecule has 0 saturated heterocycles. The van der Waals surface area contributed by atoms with Gasteiger partial charge in [-0.25, -0.2) is 0 Å². The van der Waals surface area contributed by atoms with Crippen LogP contribution in [0.5, 0.6) is 0 Å². The number of aliphatic hydroxyl groups is 1. The number of aromatic nitrogens is 1. The molecular weight excluding hydrogens is 505 g/mol. The van der Waals surface area contributed by atoms with Crippen molar-refractivity contribution in [3.63, 3.8) is 0 Å². The summed E-state index contributed by atoms with van der Waals surface area (Å²) in [6, 6.07) is 11.5. The Morgan fingerprint density at radius 1 is 1.10 bits per heavy atom. The van der Waals surface area contributed by atoms with Crippen LogP contribution in [0.1, 0.15) is 55.3 Å². The van der Waals surface area contributed by atoms with Gasteiger partial charge < -0.3 is 21.1 Å². The number of benzene rings is 1. The van der Waals surface area contributed by atoms with Crippen molar-refractivity contribution in [2.24, 2.45) is 4.99 Å². The lowest BCUT2D eigenvalue weighted by atomic mass is 9.86. The number of hydrogen-bond acceptors (Lipinski definition) is 4. The van der Waals surface area contributed by atoms with Gasteiger partial charge in [-0.3, -0.25) is 14.8 Å². The van der Waals surface area contributed by atoms with Crippen LogP contribution < -0.4 is 16.0 Å². The lowest BCUT2D eigenvalue weighted by Gasteiger charge is -2.20. The van der Waals surface area contributed by atoms with E-state index in [1.165, 1.54) is 11.8 Å². The number of rotatable bonds is 8. The number of hydrogen-bond donors (Lipinski definition) is 4. The third kappa shape index (κ3) is 9.22. The summed E-state index contributed by atoms with van der Waals surface area (Å²) in [6.45, 7) is 10.4. The number of pyridine rings is 1. The number of carbonyl (C=O) groups excluding carboxylic acids is 1. The highest BCUT2D eigenvalue weighted by Gasteiger charge is 2.14. The van der Waals surface area contributed by atoms with Gasteiger partial charge in [-0.05, 0) is 35.6 Å². The number of nitrogens with zero attached hydrogens (tertiary/aromatic N) is 2. The van der Waals surface area contributed by atoms with E-state index in [1.807, 2.05) is 19.1 Å². The number of aliphatic hydroxyl groups excluding tert-OH is 1. The van der Waals surface area contributed by atoms with Crippen LogP contribution in [0.25, 0.3) is 0 Å². The van der Waals surface area contributed by atoms with Crippen LogP contribution in [0.15, 0.2) is 53.8 Å². The smallest absolute Gasteiger partial charge is 0.252 e. The third-order valence-corrected chi connectivity index (χ3v) is 4.55. The molecule has 8 heteroatoms. The number of halogens is 1. The first kappa shape index (κ1) is 26.8. The molecule has 1 amide bonds. The summed E-state index contributed by atoms with van der Waals surface area (Å²) in [5.41, 5.74) is 2.67. The SMILES string of the molecule is CCNC(=NCC(O)c1ccc(C(C)(C)C)cc1)NCCNC(=O)c1cccnc1.I. The highest BCUT2D eigenvalue weighted by atomic mass is 127. The first-order chi connectivity index (χ1) is 14.3. The largest absolute Gasteiger partial charge is 0.386 e. The summed E-state index contributed by atoms with van der Waals surface area (Å²) in [7, 11) is 0. The maximum atomic E-state index is 12.0. The van der Waals surface area contributed by atoms with E-state index in [0.717, 1.165) is 5.56 Å². The average molecular weight is 539 g/mol. The molecule has 0 bridgehead atoms. The Morgan fingerprint density at radius 2 is 1.77 bits per heavy atom. The van der Waals surface area contributed by atoms with E-state index >= 15 is 0 Å². The van der Waals surface area contributed by atoms with Crippen molar-refractivity contribution in [2.45, 2.75) is 39.2 Å². The molecule has 0 fully saturated rings. The molecule has 0 aliphatic heterocycles. The lowest BCUT2D eigenvalue weighted by molar-refractivity contribution is 0.0954. The molecule has 2 aromatic rings. The molecule has 31 heavy (non-hydrogen) atoms. The minimum Gasteiger partial charge on any atom is -0.386 e. The summed E-state index contributed by atoms with van der Waals surface area (Å²) >= 11 is 0. The molecule has 0 spiro atoms. The van der Waals surface area contributed by atoms with Gasteiger partial charge in [0.15, 0.2) is 5.96 Å². The molecule has 1 unspecified atom stereocenters. The van der Waals surface area contributed by atoms with Gasteiger partial charge in [0.2, 0.25) is 0 Å². The zero-order valence-corrected chi connectivity index (χ0v) is 21.0. The molecule has 170 valence electrons. The van der Waals surface area contributed by atoms with E-state index in [4.69, 9.17) is 0 Å². The Hall–Kier alpha value is -2.20. The van der Waals surface area contributed by atoms with Gasteiger partial charge in [0.25, 0.3) is 5.91 Å². The number of amides is 1. The Balaban J connectivity index is 0.00000480. The van der Waals surface area contributed by atoms with E-state index in [-0.39, 0.29) is 41.8 Å². The van der Waals surface area contributed by atoms with Gasteiger partial charge in [-0.2, -0.15) is 0 Å². The van der Waals surface area contributed by atoms with Gasteiger partial charge >= 0.3 is 0 Å². The van der Waals surface area contributed by atoms with Crippen LogP contribution in [0.4, 0.5) is 0 Å². The summed E-state index contributed by atoms with van der Waals surface area (Å²) in [5.74, 6) is 0.430. The highest BCUT2D eigenvalue weighted by Crippen LogP contribution is 2.24. The van der Waals surface area contributed by atoms with Gasteiger partial charge in [0, 0.05) is 32.0 Å². The first-order valence-electron chi connectivity index (χ1n) is 10.3. The fourth-order valence-corrected chi connectivity index (χ4v) is 2.79. The van der Waals surface area contributed by atoms with Crippen LogP contribution in [0.2, 0.25) is 0 Å². The molecule has 2 rings (SSSR count). The minimum atomic E-state index is -0.681. The van der Waals surface area contributed by atoms with Crippen LogP contribution in [0, 0.1) is 0 Å². The van der Waals surface area contributed by atoms with E-state index in [1.54, 1.807) is 18.3 Å². The topological polar surface area (TPSA) is 98.6 Å². The van der Waals surface area contributed by atoms with Crippen molar-refractivity contribution in [1.82, 2.24) is 20.9 Å². The van der Waals surface area contributed by atoms with Crippen molar-refractivity contribution < 1.29 is 9.90 Å². The molecule has 0 saturated carbocycles. The second-order valence-electron chi connectivity index (χ2n) is 8.03. The molecule has 7 nitrogen and oxygen atoms in total. The maximum absolute atomic E-state index is 12.0. The lowest BCUT2D eigenvalue weighted by Crippen LogP contribution is -2.41. The summed E-state index contributed by atoms with van der Waals surface area (Å²) < 4.78 is 0. The fourth-order valence-electron chi connectivity index (χ4n) is 2.79. The highest BCUT2D eigenvalue weighted by molar-refractivity contribution is 14.0. The van der Waals surface area contributed by atoms with E-state index < -0.39 is 6.10 Å². The van der Waals surface area contributed by atoms with Crippen LogP contribution in [-0.2, 0) is 5.41 Å². The van der Waals surface area contributed by atoms with Gasteiger partial charge in [-0.1, -0.05) is 45.0 Å². The van der Waals surface area contributed by atoms with Gasteiger partial charge in [-0.15, -0.1) is 24.0 Å². The third-order valence-electron chi connectivity index (χ3n) is 4.55. The van der Waals surface area contributed by atoms with E-state index in [2.05, 4.69) is 58.8 Å². The second kappa shape index (κ2) is 13.3. The summed E-state index contributed by atoms with van der Waals surface area (Å²) in [5, 5.41) is 19.6. The fraction of sp³-hybridized carbons (Fsp3) is 0.435. The molecule has 0 aliphatic carbocycles. The van der Waals surface area contributed by atoms with Crippen LogP contribution >= 0.6 is 24.0 Å². The van der Waals surface area contributed by atoms with Crippen molar-refractivity contribution in [3.8, 4) is 0 Å². The number of aliphatic imine (C=N–C) groups is 1. The zero-order chi connectivity index (χ0) is 22.0. The summed E-state index contributed by atoms with van der Waals surface area (Å²) in [4.78, 5) is 20.4. The van der Waals surface area contributed by atoms with E-state index in [9.17, 15) is 9.90 Å².